The summed E-state index contributed by atoms with van der Waals surface area (Å²) < 4.78 is 20.1. The molecule has 2 aliphatic rings. The molecule has 1 aliphatic heterocycles. The van der Waals surface area contributed by atoms with E-state index in [9.17, 15) is 9.18 Å². The number of ether oxygens (including phenoxy) is 1. The molecule has 3 rings (SSSR count). The Morgan fingerprint density at radius 3 is 2.41 bits per heavy atom. The van der Waals surface area contributed by atoms with E-state index in [1.807, 2.05) is 19.1 Å². The highest BCUT2D eigenvalue weighted by Gasteiger charge is 2.30. The number of benzene rings is 1. The number of esters is 1. The quantitative estimate of drug-likeness (QED) is 0.290. The Labute approximate surface area is 163 Å². The molecule has 1 unspecified atom stereocenters. The van der Waals surface area contributed by atoms with Gasteiger partial charge >= 0.3 is 5.97 Å². The van der Waals surface area contributed by atoms with E-state index in [1.54, 1.807) is 0 Å². The first-order chi connectivity index (χ1) is 13.1. The van der Waals surface area contributed by atoms with Gasteiger partial charge in [0, 0.05) is 0 Å². The van der Waals surface area contributed by atoms with Crippen LogP contribution in [-0.4, -0.2) is 5.97 Å². The molecule has 0 radical (unpaired) electrons. The molecule has 1 aromatic carbocycles. The molecule has 150 valence electrons. The average Bonchev–Trinajstić information content (AvgIpc) is 2.68. The first kappa shape index (κ1) is 20.4. The van der Waals surface area contributed by atoms with E-state index in [4.69, 9.17) is 4.74 Å². The highest BCUT2D eigenvalue weighted by Crippen LogP contribution is 2.36. The van der Waals surface area contributed by atoms with Crippen LogP contribution in [0, 0.1) is 23.6 Å². The smallest absolute Gasteiger partial charge is 0.314 e. The third kappa shape index (κ3) is 5.12. The van der Waals surface area contributed by atoms with Gasteiger partial charge < -0.3 is 4.74 Å². The number of halogens is 1. The van der Waals surface area contributed by atoms with E-state index >= 15 is 0 Å². The Morgan fingerprint density at radius 1 is 1.04 bits per heavy atom. The van der Waals surface area contributed by atoms with Crippen LogP contribution in [0.5, 0.6) is 5.75 Å². The van der Waals surface area contributed by atoms with Crippen molar-refractivity contribution >= 4 is 5.97 Å². The molecule has 2 nitrogen and oxygen atoms in total. The maximum Gasteiger partial charge on any atom is 0.314 e. The molecule has 1 atom stereocenters. The highest BCUT2D eigenvalue weighted by atomic mass is 19.1. The number of carbonyl (C=O) groups is 1. The standard InChI is InChI=1S/C24H35FO2/c1-3-7-17-10-12-18(13-11-17)8-5-6-9-20-14-15-21-16-19(4-2)24(26)27-23(21)22(20)25/h14-15,17-19H,3-13,16H2,1-2H3. The summed E-state index contributed by atoms with van der Waals surface area (Å²) in [5.41, 5.74) is 1.54. The van der Waals surface area contributed by atoms with Crippen LogP contribution < -0.4 is 4.74 Å². The van der Waals surface area contributed by atoms with Crippen molar-refractivity contribution in [3.8, 4) is 5.75 Å². The van der Waals surface area contributed by atoms with Gasteiger partial charge in [0.1, 0.15) is 0 Å². The Bertz CT molecular complexity index is 632. The zero-order chi connectivity index (χ0) is 19.2. The third-order valence-electron chi connectivity index (χ3n) is 6.73. The van der Waals surface area contributed by atoms with Crippen molar-refractivity contribution in [2.45, 2.75) is 90.9 Å². The van der Waals surface area contributed by atoms with Gasteiger partial charge in [0.05, 0.1) is 5.92 Å². The Morgan fingerprint density at radius 2 is 1.74 bits per heavy atom. The fourth-order valence-corrected chi connectivity index (χ4v) is 4.91. The van der Waals surface area contributed by atoms with E-state index in [1.165, 1.54) is 44.9 Å². The Kier molecular flexibility index (Phi) is 7.32. The number of aryl methyl sites for hydroxylation is 1. The number of carbonyl (C=O) groups excluding carboxylic acids is 1. The van der Waals surface area contributed by atoms with Crippen molar-refractivity contribution in [2.75, 3.05) is 0 Å². The average molecular weight is 375 g/mol. The predicted octanol–water partition coefficient (Wildman–Crippen LogP) is 6.63. The van der Waals surface area contributed by atoms with Gasteiger partial charge in [-0.05, 0) is 48.6 Å². The van der Waals surface area contributed by atoms with Gasteiger partial charge in [-0.1, -0.05) is 77.3 Å². The monoisotopic (exact) mass is 374 g/mol. The van der Waals surface area contributed by atoms with Gasteiger partial charge in [0.2, 0.25) is 0 Å². The van der Waals surface area contributed by atoms with Crippen molar-refractivity contribution in [2.24, 2.45) is 17.8 Å². The van der Waals surface area contributed by atoms with E-state index in [2.05, 4.69) is 6.92 Å². The second kappa shape index (κ2) is 9.71. The van der Waals surface area contributed by atoms with Crippen LogP contribution in [0.4, 0.5) is 4.39 Å². The molecule has 1 heterocycles. The summed E-state index contributed by atoms with van der Waals surface area (Å²) in [6.45, 7) is 4.26. The molecule has 0 aromatic heterocycles. The van der Waals surface area contributed by atoms with Crippen molar-refractivity contribution in [1.29, 1.82) is 0 Å². The van der Waals surface area contributed by atoms with Crippen molar-refractivity contribution in [3.63, 3.8) is 0 Å². The number of unbranched alkanes of at least 4 members (excludes halogenated alkanes) is 1. The summed E-state index contributed by atoms with van der Waals surface area (Å²) in [6, 6.07) is 3.86. The summed E-state index contributed by atoms with van der Waals surface area (Å²) in [5, 5.41) is 0. The lowest BCUT2D eigenvalue weighted by molar-refractivity contribution is -0.140. The molecule has 1 saturated carbocycles. The van der Waals surface area contributed by atoms with Crippen LogP contribution in [-0.2, 0) is 17.6 Å². The predicted molar refractivity (Wildman–Crippen MR) is 107 cm³/mol. The molecule has 1 aliphatic carbocycles. The first-order valence-electron chi connectivity index (χ1n) is 11.1. The lowest BCUT2D eigenvalue weighted by Crippen LogP contribution is -2.28. The Balaban J connectivity index is 1.46. The third-order valence-corrected chi connectivity index (χ3v) is 6.73. The summed E-state index contributed by atoms with van der Waals surface area (Å²) >= 11 is 0. The fraction of sp³-hybridized carbons (Fsp3) is 0.708. The molecule has 0 saturated heterocycles. The van der Waals surface area contributed by atoms with Gasteiger partial charge in [0.25, 0.3) is 0 Å². The molecule has 1 aromatic rings. The number of hydrogen-bond donors (Lipinski definition) is 0. The summed E-state index contributed by atoms with van der Waals surface area (Å²) in [5.74, 6) is 1.31. The van der Waals surface area contributed by atoms with Crippen LogP contribution >= 0.6 is 0 Å². The molecule has 0 N–H and O–H groups in total. The van der Waals surface area contributed by atoms with Gasteiger partial charge in [-0.15, -0.1) is 0 Å². The van der Waals surface area contributed by atoms with E-state index in [0.29, 0.717) is 12.0 Å². The minimum absolute atomic E-state index is 0.129. The zero-order valence-corrected chi connectivity index (χ0v) is 17.1. The summed E-state index contributed by atoms with van der Waals surface area (Å²) in [6.07, 6.45) is 13.8. The number of rotatable bonds is 8. The molecule has 0 spiro atoms. The molecule has 0 bridgehead atoms. The van der Waals surface area contributed by atoms with Crippen molar-refractivity contribution in [3.05, 3.63) is 29.1 Å². The molecule has 0 amide bonds. The van der Waals surface area contributed by atoms with Crippen molar-refractivity contribution < 1.29 is 13.9 Å². The Hall–Kier alpha value is -1.38. The number of hydrogen-bond acceptors (Lipinski definition) is 2. The van der Waals surface area contributed by atoms with Gasteiger partial charge in [-0.2, -0.15) is 0 Å². The van der Waals surface area contributed by atoms with E-state index < -0.39 is 0 Å². The summed E-state index contributed by atoms with van der Waals surface area (Å²) in [4.78, 5) is 12.0. The van der Waals surface area contributed by atoms with E-state index in [-0.39, 0.29) is 23.5 Å². The first-order valence-corrected chi connectivity index (χ1v) is 11.1. The van der Waals surface area contributed by atoms with Gasteiger partial charge in [-0.25, -0.2) is 4.39 Å². The van der Waals surface area contributed by atoms with Gasteiger partial charge in [0.15, 0.2) is 11.6 Å². The number of fused-ring (bicyclic) bond motifs is 1. The molecular formula is C24H35FO2. The minimum atomic E-state index is -0.310. The van der Waals surface area contributed by atoms with E-state index in [0.717, 1.165) is 43.1 Å². The lowest BCUT2D eigenvalue weighted by Gasteiger charge is -2.28. The van der Waals surface area contributed by atoms with Crippen LogP contribution in [0.1, 0.15) is 89.2 Å². The van der Waals surface area contributed by atoms with Crippen LogP contribution in [0.25, 0.3) is 0 Å². The molecule has 27 heavy (non-hydrogen) atoms. The molecule has 3 heteroatoms. The summed E-state index contributed by atoms with van der Waals surface area (Å²) in [7, 11) is 0. The zero-order valence-electron chi connectivity index (χ0n) is 17.1. The fourth-order valence-electron chi connectivity index (χ4n) is 4.91. The van der Waals surface area contributed by atoms with Crippen LogP contribution in [0.2, 0.25) is 0 Å². The largest absolute Gasteiger partial charge is 0.423 e. The molecular weight excluding hydrogens is 339 g/mol. The minimum Gasteiger partial charge on any atom is -0.423 e. The normalized spacial score (nSPS) is 25.1. The SMILES string of the molecule is CCCC1CCC(CCCCc2ccc3c(c2F)OC(=O)C(CC)C3)CC1. The van der Waals surface area contributed by atoms with Gasteiger partial charge in [-0.3, -0.25) is 4.79 Å². The topological polar surface area (TPSA) is 26.3 Å². The van der Waals surface area contributed by atoms with Crippen LogP contribution in [0.15, 0.2) is 12.1 Å². The second-order valence-corrected chi connectivity index (χ2v) is 8.68. The maximum atomic E-state index is 14.8. The highest BCUT2D eigenvalue weighted by molar-refractivity contribution is 5.78. The van der Waals surface area contributed by atoms with Crippen LogP contribution in [0.3, 0.4) is 0 Å². The molecule has 1 fully saturated rings. The second-order valence-electron chi connectivity index (χ2n) is 8.68. The maximum absolute atomic E-state index is 14.8. The van der Waals surface area contributed by atoms with Crippen molar-refractivity contribution in [1.82, 2.24) is 0 Å². The lowest BCUT2D eigenvalue weighted by atomic mass is 9.78.